The summed E-state index contributed by atoms with van der Waals surface area (Å²) in [4.78, 5) is 3.25. The number of fused-ring (bicyclic) bond motifs is 1. The van der Waals surface area contributed by atoms with E-state index in [-0.39, 0.29) is 5.54 Å². The highest BCUT2D eigenvalue weighted by Crippen LogP contribution is 2.32. The van der Waals surface area contributed by atoms with E-state index in [2.05, 4.69) is 60.0 Å². The number of hydrogen-bond acceptors (Lipinski definition) is 5. The molecule has 0 spiro atoms. The molecular formula is C22H36N6O2+2. The number of hydrogen-bond donors (Lipinski definition) is 2. The van der Waals surface area contributed by atoms with Gasteiger partial charge in [-0.15, -0.1) is 5.10 Å². The predicted octanol–water partition coefficient (Wildman–Crippen LogP) is 0.372. The van der Waals surface area contributed by atoms with E-state index in [1.54, 1.807) is 9.80 Å². The average Bonchev–Trinajstić information content (AvgIpc) is 3.42. The monoisotopic (exact) mass is 416 g/mol. The van der Waals surface area contributed by atoms with Gasteiger partial charge < -0.3 is 19.3 Å². The maximum absolute atomic E-state index is 5.54. The van der Waals surface area contributed by atoms with Crippen molar-refractivity contribution < 1.29 is 19.3 Å². The molecule has 8 heteroatoms. The van der Waals surface area contributed by atoms with Crippen LogP contribution in [0.25, 0.3) is 0 Å². The van der Waals surface area contributed by atoms with Crippen LogP contribution < -0.4 is 19.3 Å². The molecule has 1 aromatic carbocycles. The molecule has 1 saturated heterocycles. The molecule has 0 radical (unpaired) electrons. The van der Waals surface area contributed by atoms with E-state index >= 15 is 0 Å². The molecule has 0 aliphatic carbocycles. The highest BCUT2D eigenvalue weighted by Gasteiger charge is 2.36. The van der Waals surface area contributed by atoms with Gasteiger partial charge in [-0.1, -0.05) is 20.3 Å². The van der Waals surface area contributed by atoms with Crippen molar-refractivity contribution in [2.24, 2.45) is 0 Å². The van der Waals surface area contributed by atoms with Crippen molar-refractivity contribution in [3.8, 4) is 11.5 Å². The van der Waals surface area contributed by atoms with Crippen LogP contribution in [0.3, 0.4) is 0 Å². The summed E-state index contributed by atoms with van der Waals surface area (Å²) in [6, 6.07) is 6.70. The SMILES string of the molecule is CCC[C@H](c1nnnn1C(C)(C)CC)[NH+]1CC[NH+](Cc2ccc3c(c2)OCO3)CC1. The maximum atomic E-state index is 5.54. The molecular weight excluding hydrogens is 380 g/mol. The van der Waals surface area contributed by atoms with E-state index in [1.807, 2.05) is 6.07 Å². The van der Waals surface area contributed by atoms with Crippen molar-refractivity contribution in [2.75, 3.05) is 33.0 Å². The number of rotatable bonds is 8. The first-order valence-corrected chi connectivity index (χ1v) is 11.4. The number of quaternary nitrogens is 2. The molecule has 2 aliphatic heterocycles. The number of tetrazole rings is 1. The molecule has 2 N–H and O–H groups in total. The van der Waals surface area contributed by atoms with Gasteiger partial charge in [0.2, 0.25) is 12.6 Å². The van der Waals surface area contributed by atoms with Crippen LogP contribution in [0.2, 0.25) is 0 Å². The van der Waals surface area contributed by atoms with Gasteiger partial charge in [-0.05, 0) is 48.9 Å². The van der Waals surface area contributed by atoms with E-state index in [4.69, 9.17) is 9.47 Å². The lowest BCUT2D eigenvalue weighted by molar-refractivity contribution is -1.03. The fourth-order valence-electron chi connectivity index (χ4n) is 4.59. The zero-order chi connectivity index (χ0) is 21.1. The number of aromatic nitrogens is 4. The summed E-state index contributed by atoms with van der Waals surface area (Å²) >= 11 is 0. The van der Waals surface area contributed by atoms with Crippen molar-refractivity contribution in [3.63, 3.8) is 0 Å². The minimum atomic E-state index is -0.0588. The Morgan fingerprint density at radius 1 is 1.10 bits per heavy atom. The van der Waals surface area contributed by atoms with Crippen LogP contribution in [0.1, 0.15) is 64.4 Å². The van der Waals surface area contributed by atoms with Gasteiger partial charge in [-0.25, -0.2) is 4.68 Å². The largest absolute Gasteiger partial charge is 0.454 e. The third-order valence-electron chi connectivity index (χ3n) is 6.80. The number of nitrogens with one attached hydrogen (secondary N) is 2. The van der Waals surface area contributed by atoms with Gasteiger partial charge in [0, 0.05) is 12.0 Å². The van der Waals surface area contributed by atoms with Crippen LogP contribution in [0.5, 0.6) is 11.5 Å². The van der Waals surface area contributed by atoms with Gasteiger partial charge in [-0.3, -0.25) is 0 Å². The van der Waals surface area contributed by atoms with E-state index < -0.39 is 0 Å². The first-order valence-electron chi connectivity index (χ1n) is 11.4. The summed E-state index contributed by atoms with van der Waals surface area (Å²) in [7, 11) is 0. The Labute approximate surface area is 179 Å². The van der Waals surface area contributed by atoms with Crippen LogP contribution >= 0.6 is 0 Å². The highest BCUT2D eigenvalue weighted by molar-refractivity contribution is 5.44. The third kappa shape index (κ3) is 4.30. The van der Waals surface area contributed by atoms with E-state index in [0.717, 1.165) is 69.3 Å². The number of benzene rings is 1. The Morgan fingerprint density at radius 2 is 1.87 bits per heavy atom. The Hall–Kier alpha value is -2.19. The molecule has 2 aromatic rings. The first-order chi connectivity index (χ1) is 14.5. The van der Waals surface area contributed by atoms with Crippen molar-refractivity contribution in [3.05, 3.63) is 29.6 Å². The Bertz CT molecular complexity index is 844. The van der Waals surface area contributed by atoms with Gasteiger partial charge in [0.25, 0.3) is 0 Å². The molecule has 1 fully saturated rings. The molecule has 1 aromatic heterocycles. The maximum Gasteiger partial charge on any atom is 0.231 e. The molecule has 164 valence electrons. The van der Waals surface area contributed by atoms with Crippen LogP contribution in [0.15, 0.2) is 18.2 Å². The smallest absolute Gasteiger partial charge is 0.231 e. The summed E-state index contributed by atoms with van der Waals surface area (Å²) in [5, 5.41) is 12.9. The van der Waals surface area contributed by atoms with Crippen LogP contribution in [0.4, 0.5) is 0 Å². The average molecular weight is 417 g/mol. The molecule has 0 bridgehead atoms. The van der Waals surface area contributed by atoms with Gasteiger partial charge in [0.05, 0.1) is 5.54 Å². The molecule has 0 unspecified atom stereocenters. The van der Waals surface area contributed by atoms with E-state index in [9.17, 15) is 0 Å². The fourth-order valence-corrected chi connectivity index (χ4v) is 4.59. The van der Waals surface area contributed by atoms with Gasteiger partial charge in [0.1, 0.15) is 38.8 Å². The second kappa shape index (κ2) is 8.89. The Balaban J connectivity index is 1.41. The van der Waals surface area contributed by atoms with Crippen molar-refractivity contribution in [1.29, 1.82) is 0 Å². The molecule has 30 heavy (non-hydrogen) atoms. The van der Waals surface area contributed by atoms with Crippen molar-refractivity contribution >= 4 is 0 Å². The molecule has 0 saturated carbocycles. The zero-order valence-electron chi connectivity index (χ0n) is 18.8. The second-order valence-electron chi connectivity index (χ2n) is 9.23. The van der Waals surface area contributed by atoms with Gasteiger partial charge in [-0.2, -0.15) is 0 Å². The molecule has 1 atom stereocenters. The normalized spacial score (nSPS) is 22.3. The molecule has 2 aliphatic rings. The van der Waals surface area contributed by atoms with Crippen LogP contribution in [-0.2, 0) is 12.1 Å². The highest BCUT2D eigenvalue weighted by atomic mass is 16.7. The van der Waals surface area contributed by atoms with Crippen LogP contribution in [-0.4, -0.2) is 53.2 Å². The minimum Gasteiger partial charge on any atom is -0.454 e. The molecule has 3 heterocycles. The lowest BCUT2D eigenvalue weighted by atomic mass is 10.0. The van der Waals surface area contributed by atoms with Gasteiger partial charge >= 0.3 is 0 Å². The summed E-state index contributed by atoms with van der Waals surface area (Å²) in [6.07, 6.45) is 3.26. The Morgan fingerprint density at radius 3 is 2.60 bits per heavy atom. The predicted molar refractivity (Wildman–Crippen MR) is 113 cm³/mol. The number of ether oxygens (including phenoxy) is 2. The number of piperazine rings is 1. The topological polar surface area (TPSA) is 70.9 Å². The van der Waals surface area contributed by atoms with Crippen LogP contribution in [0, 0.1) is 0 Å². The number of nitrogens with zero attached hydrogens (tertiary/aromatic N) is 4. The lowest BCUT2D eigenvalue weighted by Crippen LogP contribution is -3.27. The quantitative estimate of drug-likeness (QED) is 0.651. The third-order valence-corrected chi connectivity index (χ3v) is 6.80. The lowest BCUT2D eigenvalue weighted by Gasteiger charge is -2.35. The van der Waals surface area contributed by atoms with Crippen molar-refractivity contribution in [1.82, 2.24) is 20.2 Å². The zero-order valence-corrected chi connectivity index (χ0v) is 18.8. The molecule has 0 amide bonds. The standard InChI is InChI=1S/C22H34N6O2/c1-5-7-18(21-23-24-25-28(21)22(3,4)6-2)27-12-10-26(11-13-27)15-17-8-9-19-20(14-17)30-16-29-19/h8-9,14,18H,5-7,10-13,15-16H2,1-4H3/p+2/t18-/m1/s1. The molecule has 8 nitrogen and oxygen atoms in total. The summed E-state index contributed by atoms with van der Waals surface area (Å²) in [5.41, 5.74) is 1.26. The summed E-state index contributed by atoms with van der Waals surface area (Å²) in [6.45, 7) is 14.9. The second-order valence-corrected chi connectivity index (χ2v) is 9.23. The van der Waals surface area contributed by atoms with Crippen molar-refractivity contribution in [2.45, 2.75) is 65.1 Å². The van der Waals surface area contributed by atoms with E-state index in [1.165, 1.54) is 5.56 Å². The summed E-state index contributed by atoms with van der Waals surface area (Å²) in [5.74, 6) is 2.79. The first kappa shape index (κ1) is 21.1. The Kier molecular flexibility index (Phi) is 6.24. The fraction of sp³-hybridized carbons (Fsp3) is 0.682. The summed E-state index contributed by atoms with van der Waals surface area (Å²) < 4.78 is 13.0. The minimum absolute atomic E-state index is 0.0588. The van der Waals surface area contributed by atoms with Gasteiger partial charge in [0.15, 0.2) is 11.5 Å². The molecule has 4 rings (SSSR count). The van der Waals surface area contributed by atoms with E-state index in [0.29, 0.717) is 12.8 Å².